The SMILES string of the molecule is O=C(c1ccc(Oc2ccccc2)cc1Cl)c1c[nH]c2ncc3c(c12)NC1(CCCN(C(=O)O)C1)C(=O)N3. The number of carbonyl (C=O) groups excluding carboxylic acids is 2. The van der Waals surface area contributed by atoms with Crippen LogP contribution >= 0.6 is 11.6 Å². The molecule has 38 heavy (non-hydrogen) atoms. The van der Waals surface area contributed by atoms with Crippen molar-refractivity contribution in [3.05, 3.63) is 77.1 Å². The number of rotatable bonds is 4. The van der Waals surface area contributed by atoms with Crippen molar-refractivity contribution in [1.82, 2.24) is 14.9 Å². The second-order valence-corrected chi connectivity index (χ2v) is 9.73. The van der Waals surface area contributed by atoms with Crippen molar-refractivity contribution in [2.45, 2.75) is 18.4 Å². The zero-order valence-electron chi connectivity index (χ0n) is 20.0. The highest BCUT2D eigenvalue weighted by Gasteiger charge is 2.47. The van der Waals surface area contributed by atoms with E-state index in [1.54, 1.807) is 24.4 Å². The quantitative estimate of drug-likeness (QED) is 0.268. The molecule has 10 nitrogen and oxygen atoms in total. The van der Waals surface area contributed by atoms with Crippen molar-refractivity contribution in [2.75, 3.05) is 23.7 Å². The normalized spacial score (nSPS) is 18.6. The molecule has 0 saturated carbocycles. The number of aromatic amines is 1. The summed E-state index contributed by atoms with van der Waals surface area (Å²) in [4.78, 5) is 47.1. The first-order chi connectivity index (χ1) is 18.3. The van der Waals surface area contributed by atoms with Gasteiger partial charge in [0.05, 0.1) is 40.1 Å². The van der Waals surface area contributed by atoms with Gasteiger partial charge in [-0.1, -0.05) is 29.8 Å². The Balaban J connectivity index is 1.36. The molecule has 2 aromatic heterocycles. The number of anilines is 2. The maximum absolute atomic E-state index is 13.7. The average Bonchev–Trinajstić information content (AvgIpc) is 3.35. The third-order valence-corrected chi connectivity index (χ3v) is 7.23. The Morgan fingerprint density at radius 1 is 1.11 bits per heavy atom. The largest absolute Gasteiger partial charge is 0.465 e. The summed E-state index contributed by atoms with van der Waals surface area (Å²) < 4.78 is 5.82. The van der Waals surface area contributed by atoms with E-state index in [4.69, 9.17) is 16.3 Å². The highest BCUT2D eigenvalue weighted by molar-refractivity contribution is 6.36. The van der Waals surface area contributed by atoms with Crippen LogP contribution in [0.5, 0.6) is 11.5 Å². The monoisotopic (exact) mass is 531 g/mol. The summed E-state index contributed by atoms with van der Waals surface area (Å²) in [5.74, 6) is 0.453. The Labute approximate surface area is 221 Å². The molecule has 1 saturated heterocycles. The number of amides is 2. The number of benzene rings is 2. The fourth-order valence-electron chi connectivity index (χ4n) is 5.06. The number of ketones is 1. The smallest absolute Gasteiger partial charge is 0.407 e. The molecule has 1 unspecified atom stereocenters. The van der Waals surface area contributed by atoms with Crippen LogP contribution in [0.1, 0.15) is 28.8 Å². The van der Waals surface area contributed by atoms with E-state index in [2.05, 4.69) is 20.6 Å². The molecule has 6 rings (SSSR count). The lowest BCUT2D eigenvalue weighted by atomic mass is 9.85. The van der Waals surface area contributed by atoms with Gasteiger partial charge in [-0.15, -0.1) is 0 Å². The Morgan fingerprint density at radius 3 is 2.68 bits per heavy atom. The van der Waals surface area contributed by atoms with Gasteiger partial charge in [-0.25, -0.2) is 9.78 Å². The predicted molar refractivity (Wildman–Crippen MR) is 141 cm³/mol. The molecule has 2 aliphatic rings. The number of carbonyl (C=O) groups is 3. The van der Waals surface area contributed by atoms with Crippen molar-refractivity contribution in [3.63, 3.8) is 0 Å². The number of carboxylic acid groups (broad SMARTS) is 1. The van der Waals surface area contributed by atoms with Gasteiger partial charge in [0.2, 0.25) is 0 Å². The van der Waals surface area contributed by atoms with E-state index in [1.807, 2.05) is 30.3 Å². The number of pyridine rings is 1. The number of aromatic nitrogens is 2. The van der Waals surface area contributed by atoms with Gasteiger partial charge < -0.3 is 30.4 Å². The fourth-order valence-corrected chi connectivity index (χ4v) is 5.31. The first-order valence-corrected chi connectivity index (χ1v) is 12.4. The van der Waals surface area contributed by atoms with Gasteiger partial charge in [0, 0.05) is 24.4 Å². The van der Waals surface area contributed by atoms with Gasteiger partial charge in [0.25, 0.3) is 5.91 Å². The molecule has 0 aliphatic carbocycles. The molecular formula is C27H22ClN5O5. The van der Waals surface area contributed by atoms with Crippen molar-refractivity contribution in [3.8, 4) is 11.5 Å². The number of ether oxygens (including phenoxy) is 1. The topological polar surface area (TPSA) is 137 Å². The van der Waals surface area contributed by atoms with Crippen LogP contribution in [0.4, 0.5) is 16.2 Å². The van der Waals surface area contributed by atoms with E-state index < -0.39 is 11.6 Å². The Kier molecular flexibility index (Phi) is 5.68. The molecule has 1 atom stereocenters. The second-order valence-electron chi connectivity index (χ2n) is 9.33. The van der Waals surface area contributed by atoms with Crippen molar-refractivity contribution < 1.29 is 24.2 Å². The molecule has 11 heteroatoms. The molecule has 4 heterocycles. The van der Waals surface area contributed by atoms with E-state index in [1.165, 1.54) is 11.1 Å². The maximum Gasteiger partial charge on any atom is 0.407 e. The lowest BCUT2D eigenvalue weighted by molar-refractivity contribution is -0.122. The van der Waals surface area contributed by atoms with Crippen LogP contribution in [-0.2, 0) is 4.79 Å². The fraction of sp³-hybridized carbons (Fsp3) is 0.185. The number of hydrogen-bond acceptors (Lipinski definition) is 6. The standard InChI is InChI=1S/C27H22ClN5O5/c28-19-11-16(38-15-5-2-1-3-6-15)7-8-17(19)23(34)18-12-29-24-21(18)22-20(13-30-24)31-25(35)27(32-22)9-4-10-33(14-27)26(36)37/h1-3,5-8,11-13,32H,4,9-10,14H2,(H,29,30)(H,31,35)(H,36,37). The summed E-state index contributed by atoms with van der Waals surface area (Å²) in [6.07, 6.45) is 2.92. The number of nitrogens with zero attached hydrogens (tertiary/aromatic N) is 2. The molecule has 2 aliphatic heterocycles. The predicted octanol–water partition coefficient (Wildman–Crippen LogP) is 5.12. The van der Waals surface area contributed by atoms with Crippen molar-refractivity contribution in [1.29, 1.82) is 0 Å². The lowest BCUT2D eigenvalue weighted by Gasteiger charge is -2.44. The molecule has 0 bridgehead atoms. The maximum atomic E-state index is 13.7. The third-order valence-electron chi connectivity index (χ3n) is 6.92. The van der Waals surface area contributed by atoms with Gasteiger partial charge in [-0.2, -0.15) is 0 Å². The van der Waals surface area contributed by atoms with E-state index in [0.29, 0.717) is 58.9 Å². The van der Waals surface area contributed by atoms with E-state index in [-0.39, 0.29) is 28.8 Å². The van der Waals surface area contributed by atoms with Crippen molar-refractivity contribution >= 4 is 51.8 Å². The molecule has 192 valence electrons. The van der Waals surface area contributed by atoms with Gasteiger partial charge in [-0.05, 0) is 37.1 Å². The molecule has 1 spiro atoms. The van der Waals surface area contributed by atoms with Crippen molar-refractivity contribution in [2.24, 2.45) is 0 Å². The summed E-state index contributed by atoms with van der Waals surface area (Å²) in [5.41, 5.74) is 0.779. The second kappa shape index (κ2) is 9.07. The Hall–Kier alpha value is -4.57. The summed E-state index contributed by atoms with van der Waals surface area (Å²) in [7, 11) is 0. The zero-order chi connectivity index (χ0) is 26.4. The highest BCUT2D eigenvalue weighted by Crippen LogP contribution is 2.41. The van der Waals surface area contributed by atoms with Crippen LogP contribution in [0.15, 0.2) is 60.9 Å². The highest BCUT2D eigenvalue weighted by atomic mass is 35.5. The molecule has 2 aromatic carbocycles. The number of fused-ring (bicyclic) bond motifs is 3. The number of halogens is 1. The zero-order valence-corrected chi connectivity index (χ0v) is 20.7. The van der Waals surface area contributed by atoms with Crippen LogP contribution < -0.4 is 15.4 Å². The summed E-state index contributed by atoms with van der Waals surface area (Å²) in [6.45, 7) is 0.334. The van der Waals surface area contributed by atoms with E-state index >= 15 is 0 Å². The molecular weight excluding hydrogens is 510 g/mol. The summed E-state index contributed by atoms with van der Waals surface area (Å²) in [5, 5.41) is 16.4. The number of para-hydroxylation sites is 1. The molecule has 0 radical (unpaired) electrons. The van der Waals surface area contributed by atoms with Gasteiger partial charge >= 0.3 is 6.09 Å². The van der Waals surface area contributed by atoms with Gasteiger partial charge in [-0.3, -0.25) is 9.59 Å². The number of likely N-dealkylation sites (tertiary alicyclic amines) is 1. The van der Waals surface area contributed by atoms with E-state index in [0.717, 1.165) is 0 Å². The molecule has 1 fully saturated rings. The number of piperidine rings is 1. The number of nitrogens with one attached hydrogen (secondary N) is 3. The third kappa shape index (κ3) is 3.99. The van der Waals surface area contributed by atoms with Crippen LogP contribution in [-0.4, -0.2) is 56.4 Å². The minimum atomic E-state index is -1.16. The number of hydrogen-bond donors (Lipinski definition) is 4. The minimum absolute atomic E-state index is 0.0141. The van der Waals surface area contributed by atoms with E-state index in [9.17, 15) is 19.5 Å². The minimum Gasteiger partial charge on any atom is -0.465 e. The van der Waals surface area contributed by atoms with Crippen LogP contribution in [0, 0.1) is 0 Å². The van der Waals surface area contributed by atoms with Gasteiger partial charge in [0.1, 0.15) is 22.7 Å². The first kappa shape index (κ1) is 23.8. The van der Waals surface area contributed by atoms with Crippen LogP contribution in [0.2, 0.25) is 5.02 Å². The lowest BCUT2D eigenvalue weighted by Crippen LogP contribution is -2.62. The Bertz CT molecular complexity index is 1600. The summed E-state index contributed by atoms with van der Waals surface area (Å²) >= 11 is 6.52. The van der Waals surface area contributed by atoms with Gasteiger partial charge in [0.15, 0.2) is 5.78 Å². The molecule has 2 amide bonds. The molecule has 4 N–H and O–H groups in total. The number of H-pyrrole nitrogens is 1. The molecule has 4 aromatic rings. The summed E-state index contributed by atoms with van der Waals surface area (Å²) in [6, 6.07) is 14.1. The van der Waals surface area contributed by atoms with Crippen LogP contribution in [0.25, 0.3) is 11.0 Å². The first-order valence-electron chi connectivity index (χ1n) is 12.0. The average molecular weight is 532 g/mol. The van der Waals surface area contributed by atoms with Crippen LogP contribution in [0.3, 0.4) is 0 Å². The Morgan fingerprint density at radius 2 is 1.92 bits per heavy atom.